The normalized spacial score (nSPS) is 26.2. The van der Waals surface area contributed by atoms with Crippen LogP contribution in [0.25, 0.3) is 0 Å². The van der Waals surface area contributed by atoms with Gasteiger partial charge in [0.2, 0.25) is 0 Å². The van der Waals surface area contributed by atoms with Crippen LogP contribution in [-0.4, -0.2) is 5.78 Å². The SMILES string of the molecule is Cc1ccc2c(c1)C(C)(N)CC2=O. The molecule has 0 spiro atoms. The van der Waals surface area contributed by atoms with Crippen LogP contribution >= 0.6 is 0 Å². The molecule has 1 aromatic rings. The molecule has 13 heavy (non-hydrogen) atoms. The zero-order chi connectivity index (χ0) is 9.64. The summed E-state index contributed by atoms with van der Waals surface area (Å²) in [5, 5.41) is 0. The predicted molar refractivity (Wildman–Crippen MR) is 51.7 cm³/mol. The Bertz CT molecular complexity index is 380. The fraction of sp³-hybridized carbons (Fsp3) is 0.364. The second-order valence-electron chi connectivity index (χ2n) is 4.07. The van der Waals surface area contributed by atoms with E-state index in [-0.39, 0.29) is 5.78 Å². The topological polar surface area (TPSA) is 43.1 Å². The quantitative estimate of drug-likeness (QED) is 0.652. The van der Waals surface area contributed by atoms with Gasteiger partial charge in [-0.2, -0.15) is 0 Å². The first kappa shape index (κ1) is 8.45. The van der Waals surface area contributed by atoms with Gasteiger partial charge in [0.15, 0.2) is 5.78 Å². The summed E-state index contributed by atoms with van der Waals surface area (Å²) in [6.45, 7) is 3.93. The van der Waals surface area contributed by atoms with Crippen LogP contribution in [0.1, 0.15) is 34.8 Å². The molecule has 0 bridgehead atoms. The fourth-order valence-electron chi connectivity index (χ4n) is 1.90. The highest BCUT2D eigenvalue weighted by Gasteiger charge is 2.35. The van der Waals surface area contributed by atoms with Crippen molar-refractivity contribution >= 4 is 5.78 Å². The maximum absolute atomic E-state index is 11.5. The molecule has 0 aliphatic heterocycles. The summed E-state index contributed by atoms with van der Waals surface area (Å²) in [6, 6.07) is 5.85. The lowest BCUT2D eigenvalue weighted by Gasteiger charge is -2.17. The first-order chi connectivity index (χ1) is 6.00. The lowest BCUT2D eigenvalue weighted by Crippen LogP contribution is -2.30. The van der Waals surface area contributed by atoms with E-state index in [1.54, 1.807) is 0 Å². The lowest BCUT2D eigenvalue weighted by atomic mass is 9.94. The molecule has 2 heteroatoms. The van der Waals surface area contributed by atoms with Gasteiger partial charge in [-0.3, -0.25) is 4.79 Å². The number of aryl methyl sites for hydroxylation is 1. The Hall–Kier alpha value is -1.15. The smallest absolute Gasteiger partial charge is 0.165 e. The third kappa shape index (κ3) is 1.18. The second kappa shape index (κ2) is 2.42. The summed E-state index contributed by atoms with van der Waals surface area (Å²) in [5.74, 6) is 0.167. The van der Waals surface area contributed by atoms with Gasteiger partial charge in [-0.1, -0.05) is 23.8 Å². The molecule has 1 unspecified atom stereocenters. The molecular weight excluding hydrogens is 162 g/mol. The van der Waals surface area contributed by atoms with E-state index in [1.807, 2.05) is 32.0 Å². The Kier molecular flexibility index (Phi) is 1.57. The number of carbonyl (C=O) groups is 1. The number of hydrogen-bond donors (Lipinski definition) is 1. The molecular formula is C11H13NO. The van der Waals surface area contributed by atoms with Gasteiger partial charge in [0, 0.05) is 17.5 Å². The third-order valence-electron chi connectivity index (χ3n) is 2.62. The molecule has 1 aromatic carbocycles. The highest BCUT2D eigenvalue weighted by molar-refractivity contribution is 6.02. The van der Waals surface area contributed by atoms with Crippen molar-refractivity contribution in [3.05, 3.63) is 34.9 Å². The van der Waals surface area contributed by atoms with Gasteiger partial charge in [0.1, 0.15) is 0 Å². The zero-order valence-electron chi connectivity index (χ0n) is 7.92. The molecule has 0 saturated carbocycles. The number of rotatable bonds is 0. The molecule has 1 aliphatic rings. The number of nitrogens with two attached hydrogens (primary N) is 1. The van der Waals surface area contributed by atoms with Gasteiger partial charge < -0.3 is 5.73 Å². The van der Waals surface area contributed by atoms with E-state index in [2.05, 4.69) is 0 Å². The fourth-order valence-corrected chi connectivity index (χ4v) is 1.90. The predicted octanol–water partition coefficient (Wildman–Crippen LogP) is 1.76. The molecule has 1 aliphatic carbocycles. The summed E-state index contributed by atoms with van der Waals surface area (Å²) < 4.78 is 0. The molecule has 0 fully saturated rings. The van der Waals surface area contributed by atoms with Crippen molar-refractivity contribution in [1.29, 1.82) is 0 Å². The van der Waals surface area contributed by atoms with Crippen molar-refractivity contribution in [3.63, 3.8) is 0 Å². The summed E-state index contributed by atoms with van der Waals surface area (Å²) >= 11 is 0. The molecule has 2 rings (SSSR count). The van der Waals surface area contributed by atoms with E-state index >= 15 is 0 Å². The molecule has 0 amide bonds. The van der Waals surface area contributed by atoms with Crippen LogP contribution in [0.3, 0.4) is 0 Å². The van der Waals surface area contributed by atoms with E-state index in [0.717, 1.165) is 16.7 Å². The molecule has 0 radical (unpaired) electrons. The third-order valence-corrected chi connectivity index (χ3v) is 2.62. The molecule has 0 aromatic heterocycles. The number of Topliss-reactive ketones (excluding diaryl/α,β-unsaturated/α-hetero) is 1. The number of benzene rings is 1. The van der Waals surface area contributed by atoms with Gasteiger partial charge in [0.05, 0.1) is 0 Å². The Morgan fingerprint density at radius 1 is 1.46 bits per heavy atom. The minimum absolute atomic E-state index is 0.167. The van der Waals surface area contributed by atoms with Crippen molar-refractivity contribution in [2.45, 2.75) is 25.8 Å². The van der Waals surface area contributed by atoms with Crippen LogP contribution in [0, 0.1) is 6.92 Å². The average molecular weight is 175 g/mol. The van der Waals surface area contributed by atoms with E-state index < -0.39 is 5.54 Å². The number of hydrogen-bond acceptors (Lipinski definition) is 2. The standard InChI is InChI=1S/C11H13NO/c1-7-3-4-8-9(5-7)11(2,12)6-10(8)13/h3-5H,6,12H2,1-2H3. The van der Waals surface area contributed by atoms with Gasteiger partial charge in [-0.15, -0.1) is 0 Å². The first-order valence-corrected chi connectivity index (χ1v) is 4.44. The second-order valence-corrected chi connectivity index (χ2v) is 4.07. The Morgan fingerprint density at radius 3 is 2.85 bits per heavy atom. The minimum Gasteiger partial charge on any atom is -0.321 e. The van der Waals surface area contributed by atoms with Crippen LogP contribution in [-0.2, 0) is 5.54 Å². The molecule has 68 valence electrons. The van der Waals surface area contributed by atoms with Crippen LogP contribution in [0.4, 0.5) is 0 Å². The summed E-state index contributed by atoms with van der Waals surface area (Å²) in [6.07, 6.45) is 0.436. The largest absolute Gasteiger partial charge is 0.321 e. The van der Waals surface area contributed by atoms with Crippen LogP contribution in [0.2, 0.25) is 0 Å². The van der Waals surface area contributed by atoms with Gasteiger partial charge in [0.25, 0.3) is 0 Å². The maximum atomic E-state index is 11.5. The molecule has 0 heterocycles. The number of fused-ring (bicyclic) bond motifs is 1. The van der Waals surface area contributed by atoms with Gasteiger partial charge in [-0.25, -0.2) is 0 Å². The number of carbonyl (C=O) groups excluding carboxylic acids is 1. The molecule has 2 N–H and O–H groups in total. The van der Waals surface area contributed by atoms with Crippen molar-refractivity contribution in [2.24, 2.45) is 5.73 Å². The average Bonchev–Trinajstić information content (AvgIpc) is 2.23. The van der Waals surface area contributed by atoms with Crippen LogP contribution in [0.15, 0.2) is 18.2 Å². The van der Waals surface area contributed by atoms with Crippen molar-refractivity contribution in [2.75, 3.05) is 0 Å². The monoisotopic (exact) mass is 175 g/mol. The minimum atomic E-state index is -0.460. The molecule has 1 atom stereocenters. The summed E-state index contributed by atoms with van der Waals surface area (Å²) in [5.41, 5.74) is 8.52. The highest BCUT2D eigenvalue weighted by atomic mass is 16.1. The molecule has 0 saturated heterocycles. The number of ketones is 1. The van der Waals surface area contributed by atoms with Crippen molar-refractivity contribution in [1.82, 2.24) is 0 Å². The summed E-state index contributed by atoms with van der Waals surface area (Å²) in [7, 11) is 0. The Labute approximate surface area is 77.8 Å². The zero-order valence-corrected chi connectivity index (χ0v) is 7.92. The van der Waals surface area contributed by atoms with Crippen LogP contribution < -0.4 is 5.73 Å². The summed E-state index contributed by atoms with van der Waals surface area (Å²) in [4.78, 5) is 11.5. The van der Waals surface area contributed by atoms with E-state index in [0.29, 0.717) is 6.42 Å². The maximum Gasteiger partial charge on any atom is 0.165 e. The highest BCUT2D eigenvalue weighted by Crippen LogP contribution is 2.34. The Balaban J connectivity index is 2.66. The van der Waals surface area contributed by atoms with E-state index in [4.69, 9.17) is 5.73 Å². The van der Waals surface area contributed by atoms with Gasteiger partial charge >= 0.3 is 0 Å². The Morgan fingerprint density at radius 2 is 2.15 bits per heavy atom. The first-order valence-electron chi connectivity index (χ1n) is 4.44. The molecule has 2 nitrogen and oxygen atoms in total. The lowest BCUT2D eigenvalue weighted by molar-refractivity contribution is 0.0977. The van der Waals surface area contributed by atoms with Crippen molar-refractivity contribution < 1.29 is 4.79 Å². The van der Waals surface area contributed by atoms with Gasteiger partial charge in [-0.05, 0) is 19.4 Å². The van der Waals surface area contributed by atoms with E-state index in [1.165, 1.54) is 0 Å². The van der Waals surface area contributed by atoms with Crippen molar-refractivity contribution in [3.8, 4) is 0 Å². The van der Waals surface area contributed by atoms with Crippen LogP contribution in [0.5, 0.6) is 0 Å². The van der Waals surface area contributed by atoms with E-state index in [9.17, 15) is 4.79 Å².